The number of rotatable bonds is 2. The van der Waals surface area contributed by atoms with Crippen molar-refractivity contribution >= 4 is 17.7 Å². The molecule has 94 valence electrons. The summed E-state index contributed by atoms with van der Waals surface area (Å²) in [6, 6.07) is 3.42. The van der Waals surface area contributed by atoms with E-state index in [9.17, 15) is 18.0 Å². The lowest BCUT2D eigenvalue weighted by Crippen LogP contribution is -2.22. The van der Waals surface area contributed by atoms with Crippen molar-refractivity contribution < 1.29 is 22.7 Å². The molecular weight excluding hydrogens is 259 g/mol. The Morgan fingerprint density at radius 1 is 1.47 bits per heavy atom. The number of benzene rings is 1. The van der Waals surface area contributed by atoms with Crippen LogP contribution in [0.15, 0.2) is 18.2 Å². The van der Waals surface area contributed by atoms with Crippen molar-refractivity contribution in [2.24, 2.45) is 0 Å². The van der Waals surface area contributed by atoms with E-state index in [1.165, 1.54) is 13.2 Å². The number of amides is 1. The summed E-state index contributed by atoms with van der Waals surface area (Å²) in [7, 11) is 1.17. The molecule has 0 atom stereocenters. The Labute approximate surface area is 101 Å². The van der Waals surface area contributed by atoms with Gasteiger partial charge in [-0.1, -0.05) is 17.7 Å². The second-order valence-electron chi connectivity index (χ2n) is 3.16. The molecule has 0 aliphatic rings. The van der Waals surface area contributed by atoms with E-state index in [4.69, 9.17) is 11.6 Å². The minimum absolute atomic E-state index is 0.0626. The highest BCUT2D eigenvalue weighted by Crippen LogP contribution is 2.35. The van der Waals surface area contributed by atoms with E-state index in [-0.39, 0.29) is 17.1 Å². The van der Waals surface area contributed by atoms with Crippen molar-refractivity contribution in [3.8, 4) is 0 Å². The first kappa shape index (κ1) is 13.6. The smallest absolute Gasteiger partial charge is 0.417 e. The van der Waals surface area contributed by atoms with Crippen LogP contribution in [0.3, 0.4) is 0 Å². The predicted molar refractivity (Wildman–Crippen MR) is 55.7 cm³/mol. The standard InChI is InChI=1S/C10H9ClF3NO2/c1-17-9(16)15-5-6-2-3-8(11)7(4-6)10(12,13)14/h2-4H,5H2,1H3,(H,15,16). The third kappa shape index (κ3) is 3.81. The van der Waals surface area contributed by atoms with Gasteiger partial charge in [-0.15, -0.1) is 0 Å². The third-order valence-electron chi connectivity index (χ3n) is 1.96. The van der Waals surface area contributed by atoms with Crippen LogP contribution in [0.1, 0.15) is 11.1 Å². The molecule has 0 unspecified atom stereocenters. The number of hydrogen-bond donors (Lipinski definition) is 1. The van der Waals surface area contributed by atoms with E-state index in [0.29, 0.717) is 0 Å². The number of hydrogen-bond acceptors (Lipinski definition) is 2. The van der Waals surface area contributed by atoms with E-state index in [1.807, 2.05) is 0 Å². The Hall–Kier alpha value is -1.43. The maximum Gasteiger partial charge on any atom is 0.417 e. The van der Waals surface area contributed by atoms with Gasteiger partial charge in [-0.2, -0.15) is 13.2 Å². The summed E-state index contributed by atoms with van der Waals surface area (Å²) in [6.45, 7) is -0.0626. The zero-order chi connectivity index (χ0) is 13.1. The van der Waals surface area contributed by atoms with Gasteiger partial charge < -0.3 is 10.1 Å². The summed E-state index contributed by atoms with van der Waals surface area (Å²) in [4.78, 5) is 10.8. The number of nitrogens with one attached hydrogen (secondary N) is 1. The van der Waals surface area contributed by atoms with E-state index < -0.39 is 17.8 Å². The van der Waals surface area contributed by atoms with Gasteiger partial charge in [0, 0.05) is 6.54 Å². The van der Waals surface area contributed by atoms with Gasteiger partial charge >= 0.3 is 12.3 Å². The van der Waals surface area contributed by atoms with Gasteiger partial charge in [-0.3, -0.25) is 0 Å². The highest BCUT2D eigenvalue weighted by molar-refractivity contribution is 6.31. The van der Waals surface area contributed by atoms with Gasteiger partial charge in [0.15, 0.2) is 0 Å². The molecule has 1 N–H and O–H groups in total. The van der Waals surface area contributed by atoms with Crippen molar-refractivity contribution in [2.75, 3.05) is 7.11 Å². The lowest BCUT2D eigenvalue weighted by atomic mass is 10.1. The van der Waals surface area contributed by atoms with Crippen LogP contribution in [-0.2, 0) is 17.5 Å². The minimum atomic E-state index is -4.52. The SMILES string of the molecule is COC(=O)NCc1ccc(Cl)c(C(F)(F)F)c1. The molecule has 0 aromatic heterocycles. The average molecular weight is 268 g/mol. The van der Waals surface area contributed by atoms with E-state index >= 15 is 0 Å². The quantitative estimate of drug-likeness (QED) is 0.893. The van der Waals surface area contributed by atoms with Gasteiger partial charge in [0.1, 0.15) is 0 Å². The summed E-state index contributed by atoms with van der Waals surface area (Å²) in [6.07, 6.45) is -5.23. The van der Waals surface area contributed by atoms with Gasteiger partial charge in [0.05, 0.1) is 17.7 Å². The van der Waals surface area contributed by atoms with Crippen LogP contribution in [0.5, 0.6) is 0 Å². The van der Waals surface area contributed by atoms with Crippen molar-refractivity contribution in [2.45, 2.75) is 12.7 Å². The van der Waals surface area contributed by atoms with E-state index in [0.717, 1.165) is 12.1 Å². The van der Waals surface area contributed by atoms with Crippen molar-refractivity contribution in [1.82, 2.24) is 5.32 Å². The number of methoxy groups -OCH3 is 1. The first-order chi connectivity index (χ1) is 7.84. The van der Waals surface area contributed by atoms with Crippen LogP contribution in [-0.4, -0.2) is 13.2 Å². The Morgan fingerprint density at radius 3 is 2.65 bits per heavy atom. The average Bonchev–Trinajstić information content (AvgIpc) is 2.26. The summed E-state index contributed by atoms with van der Waals surface area (Å²) in [5, 5.41) is 1.90. The maximum atomic E-state index is 12.5. The lowest BCUT2D eigenvalue weighted by molar-refractivity contribution is -0.137. The first-order valence-corrected chi connectivity index (χ1v) is 4.90. The van der Waals surface area contributed by atoms with Gasteiger partial charge in [0.2, 0.25) is 0 Å². The molecule has 1 rings (SSSR count). The molecule has 1 aromatic rings. The Morgan fingerprint density at radius 2 is 2.12 bits per heavy atom. The highest BCUT2D eigenvalue weighted by Gasteiger charge is 2.33. The van der Waals surface area contributed by atoms with Crippen LogP contribution in [0.2, 0.25) is 5.02 Å². The van der Waals surface area contributed by atoms with Crippen molar-refractivity contribution in [3.63, 3.8) is 0 Å². The molecule has 0 aliphatic carbocycles. The highest BCUT2D eigenvalue weighted by atomic mass is 35.5. The maximum absolute atomic E-state index is 12.5. The number of alkyl carbamates (subject to hydrolysis) is 1. The normalized spacial score (nSPS) is 11.1. The number of halogens is 4. The molecule has 1 amide bonds. The largest absolute Gasteiger partial charge is 0.453 e. The Bertz CT molecular complexity index is 421. The fourth-order valence-electron chi connectivity index (χ4n) is 1.15. The number of carbonyl (C=O) groups is 1. The Kier molecular flexibility index (Phi) is 4.22. The third-order valence-corrected chi connectivity index (χ3v) is 2.29. The molecular formula is C10H9ClF3NO2. The summed E-state index contributed by atoms with van der Waals surface area (Å²) in [5.74, 6) is 0. The lowest BCUT2D eigenvalue weighted by Gasteiger charge is -2.11. The predicted octanol–water partition coefficient (Wildman–Crippen LogP) is 3.21. The second-order valence-corrected chi connectivity index (χ2v) is 3.56. The molecule has 17 heavy (non-hydrogen) atoms. The fraction of sp³-hybridized carbons (Fsp3) is 0.300. The van der Waals surface area contributed by atoms with Crippen LogP contribution < -0.4 is 5.32 Å². The molecule has 0 saturated heterocycles. The van der Waals surface area contributed by atoms with E-state index in [2.05, 4.69) is 10.1 Å². The summed E-state index contributed by atoms with van der Waals surface area (Å²) >= 11 is 5.44. The molecule has 0 fully saturated rings. The molecule has 0 heterocycles. The monoisotopic (exact) mass is 267 g/mol. The zero-order valence-electron chi connectivity index (χ0n) is 8.77. The molecule has 0 spiro atoms. The summed E-state index contributed by atoms with van der Waals surface area (Å²) in [5.41, 5.74) is -0.643. The van der Waals surface area contributed by atoms with Crippen LogP contribution >= 0.6 is 11.6 Å². The minimum Gasteiger partial charge on any atom is -0.453 e. The van der Waals surface area contributed by atoms with Gasteiger partial charge in [-0.25, -0.2) is 4.79 Å². The first-order valence-electron chi connectivity index (χ1n) is 4.52. The topological polar surface area (TPSA) is 38.3 Å². The zero-order valence-corrected chi connectivity index (χ0v) is 9.52. The fourth-order valence-corrected chi connectivity index (χ4v) is 1.37. The molecule has 1 aromatic carbocycles. The van der Waals surface area contributed by atoms with Crippen LogP contribution in [0.25, 0.3) is 0 Å². The number of carbonyl (C=O) groups excluding carboxylic acids is 1. The molecule has 7 heteroatoms. The molecule has 3 nitrogen and oxygen atoms in total. The molecule has 0 bridgehead atoms. The molecule has 0 aliphatic heterocycles. The van der Waals surface area contributed by atoms with Crippen molar-refractivity contribution in [3.05, 3.63) is 34.3 Å². The molecule has 0 radical (unpaired) electrons. The van der Waals surface area contributed by atoms with Gasteiger partial charge in [-0.05, 0) is 17.7 Å². The number of alkyl halides is 3. The second kappa shape index (κ2) is 5.27. The Balaban J connectivity index is 2.86. The van der Waals surface area contributed by atoms with Crippen molar-refractivity contribution in [1.29, 1.82) is 0 Å². The molecule has 0 saturated carbocycles. The van der Waals surface area contributed by atoms with Crippen LogP contribution in [0, 0.1) is 0 Å². The van der Waals surface area contributed by atoms with E-state index in [1.54, 1.807) is 0 Å². The van der Waals surface area contributed by atoms with Gasteiger partial charge in [0.25, 0.3) is 0 Å². The van der Waals surface area contributed by atoms with Crippen LogP contribution in [0.4, 0.5) is 18.0 Å². The number of ether oxygens (including phenoxy) is 1. The summed E-state index contributed by atoms with van der Waals surface area (Å²) < 4.78 is 41.8.